The van der Waals surface area contributed by atoms with E-state index in [1.807, 2.05) is 6.08 Å². The quantitative estimate of drug-likeness (QED) is 0.0204. The molecule has 2 saturated heterocycles. The van der Waals surface area contributed by atoms with Gasteiger partial charge in [0.1, 0.15) is 48.8 Å². The number of aliphatic hydroxyl groups excluding tert-OH is 8. The predicted molar refractivity (Wildman–Crippen MR) is 433 cm³/mol. The van der Waals surface area contributed by atoms with E-state index in [0.29, 0.717) is 12.8 Å². The average molecular weight is 1460 g/mol. The molecule has 0 aromatic carbocycles. The van der Waals surface area contributed by atoms with Crippen molar-refractivity contribution in [2.75, 3.05) is 19.8 Å². The summed E-state index contributed by atoms with van der Waals surface area (Å²) in [6.45, 7) is 2.71. The third-order valence-corrected chi connectivity index (χ3v) is 20.1. The number of carbonyl (C=O) groups excluding carboxylic acids is 1. The molecule has 12 atom stereocenters. The number of unbranched alkanes of at least 4 members (excludes halogenated alkanes) is 40. The first-order valence-electron chi connectivity index (χ1n) is 42.8. The van der Waals surface area contributed by atoms with E-state index in [1.165, 1.54) is 231 Å². The van der Waals surface area contributed by atoms with Crippen LogP contribution in [0.25, 0.3) is 0 Å². The van der Waals surface area contributed by atoms with Gasteiger partial charge < -0.3 is 65.1 Å². The highest BCUT2D eigenvalue weighted by Crippen LogP contribution is 2.30. The second-order valence-electron chi connectivity index (χ2n) is 29.6. The molecule has 2 aliphatic rings. The molecule has 14 heteroatoms. The molecule has 104 heavy (non-hydrogen) atoms. The Bertz CT molecular complexity index is 2220. The fraction of sp³-hybridized carbons (Fsp3) is 0.767. The maximum absolute atomic E-state index is 13.4. The van der Waals surface area contributed by atoms with Crippen LogP contribution in [0.1, 0.15) is 348 Å². The topological polar surface area (TPSA) is 228 Å². The Labute approximate surface area is 635 Å². The van der Waals surface area contributed by atoms with Crippen LogP contribution in [0.4, 0.5) is 0 Å². The Kier molecular flexibility index (Phi) is 67.0. The summed E-state index contributed by atoms with van der Waals surface area (Å²) in [5, 5.41) is 87.8. The van der Waals surface area contributed by atoms with Crippen molar-refractivity contribution in [3.63, 3.8) is 0 Å². The van der Waals surface area contributed by atoms with Gasteiger partial charge in [-0.2, -0.15) is 0 Å². The zero-order valence-electron chi connectivity index (χ0n) is 66.0. The molecule has 0 spiro atoms. The average Bonchev–Trinajstić information content (AvgIpc) is 0.789. The lowest BCUT2D eigenvalue weighted by molar-refractivity contribution is -0.359. The van der Waals surface area contributed by atoms with Gasteiger partial charge in [-0.25, -0.2) is 0 Å². The van der Waals surface area contributed by atoms with Crippen LogP contribution in [-0.4, -0.2) is 140 Å². The summed E-state index contributed by atoms with van der Waals surface area (Å²) in [6.07, 6.45) is 90.1. The zero-order valence-corrected chi connectivity index (χ0v) is 66.0. The second-order valence-corrected chi connectivity index (χ2v) is 29.6. The molecule has 0 radical (unpaired) electrons. The van der Waals surface area contributed by atoms with E-state index in [9.17, 15) is 45.6 Å². The highest BCUT2D eigenvalue weighted by atomic mass is 16.7. The van der Waals surface area contributed by atoms with Crippen molar-refractivity contribution in [2.24, 2.45) is 0 Å². The van der Waals surface area contributed by atoms with Gasteiger partial charge in [-0.15, -0.1) is 0 Å². The summed E-state index contributed by atoms with van der Waals surface area (Å²) in [5.74, 6) is -0.248. The summed E-state index contributed by atoms with van der Waals surface area (Å²) in [7, 11) is 0. The summed E-state index contributed by atoms with van der Waals surface area (Å²) in [6, 6.07) is -0.940. The van der Waals surface area contributed by atoms with Crippen LogP contribution >= 0.6 is 0 Å². The van der Waals surface area contributed by atoms with Crippen molar-refractivity contribution in [1.82, 2.24) is 5.32 Å². The summed E-state index contributed by atoms with van der Waals surface area (Å²) >= 11 is 0. The van der Waals surface area contributed by atoms with Gasteiger partial charge >= 0.3 is 0 Å². The fourth-order valence-corrected chi connectivity index (χ4v) is 13.4. The Balaban J connectivity index is 1.60. The van der Waals surface area contributed by atoms with Crippen molar-refractivity contribution >= 4 is 5.91 Å². The molecule has 0 bridgehead atoms. The number of aliphatic hydroxyl groups is 8. The number of ether oxygens (including phenoxy) is 4. The van der Waals surface area contributed by atoms with E-state index in [1.54, 1.807) is 6.08 Å². The number of allylic oxidation sites excluding steroid dienone is 19. The largest absolute Gasteiger partial charge is 0.394 e. The Hall–Kier alpha value is -3.61. The SMILES string of the molecule is CC/C=C\C/C=C\C/C=C\C/C=C\C/C=C\C/C=C\C/C=C\C/C=C\CCCCCCCCCCCCCCCCCCC(=O)NC(COC1OC(CO)C(OC2OC(CO)C(O)C(O)C2O)C(O)C1O)C(O)/C=C/CC/C=C/CCCCCCCCCCCCCCCCCCCCCCCCC. The van der Waals surface area contributed by atoms with Crippen LogP contribution < -0.4 is 5.32 Å². The minimum Gasteiger partial charge on any atom is -0.394 e. The maximum Gasteiger partial charge on any atom is 0.220 e. The van der Waals surface area contributed by atoms with E-state index in [4.69, 9.17) is 18.9 Å². The molecular weight excluding hydrogens is 1300 g/mol. The predicted octanol–water partition coefficient (Wildman–Crippen LogP) is 20.4. The van der Waals surface area contributed by atoms with E-state index < -0.39 is 86.8 Å². The number of hydrogen-bond acceptors (Lipinski definition) is 13. The van der Waals surface area contributed by atoms with E-state index in [0.717, 1.165) is 83.5 Å². The van der Waals surface area contributed by atoms with Crippen LogP contribution in [-0.2, 0) is 23.7 Å². The van der Waals surface area contributed by atoms with E-state index >= 15 is 0 Å². The second kappa shape index (κ2) is 72.3. The third kappa shape index (κ3) is 54.1. The van der Waals surface area contributed by atoms with Crippen LogP contribution in [0.3, 0.4) is 0 Å². The molecule has 2 heterocycles. The first-order valence-corrected chi connectivity index (χ1v) is 42.8. The van der Waals surface area contributed by atoms with Crippen molar-refractivity contribution < 1.29 is 64.6 Å². The molecule has 12 unspecified atom stereocenters. The minimum absolute atomic E-state index is 0.248. The number of hydrogen-bond donors (Lipinski definition) is 9. The Morgan fingerprint density at radius 2 is 0.673 bits per heavy atom. The lowest BCUT2D eigenvalue weighted by atomic mass is 9.97. The van der Waals surface area contributed by atoms with E-state index in [-0.39, 0.29) is 18.9 Å². The van der Waals surface area contributed by atoms with Crippen molar-refractivity contribution in [2.45, 2.75) is 421 Å². The highest BCUT2D eigenvalue weighted by Gasteiger charge is 2.51. The number of rotatable bonds is 71. The minimum atomic E-state index is -1.80. The molecule has 2 rings (SSSR count). The summed E-state index contributed by atoms with van der Waals surface area (Å²) in [4.78, 5) is 13.4. The molecule has 600 valence electrons. The van der Waals surface area contributed by atoms with Gasteiger partial charge in [-0.1, -0.05) is 367 Å². The van der Waals surface area contributed by atoms with Crippen LogP contribution in [0.5, 0.6) is 0 Å². The Morgan fingerprint density at radius 1 is 0.356 bits per heavy atom. The molecule has 0 saturated carbocycles. The van der Waals surface area contributed by atoms with Gasteiger partial charge in [0, 0.05) is 6.42 Å². The molecular formula is C90H157NO13. The van der Waals surface area contributed by atoms with E-state index in [2.05, 4.69) is 129 Å². The molecule has 2 aliphatic heterocycles. The van der Waals surface area contributed by atoms with Crippen LogP contribution in [0.2, 0.25) is 0 Å². The molecule has 9 N–H and O–H groups in total. The zero-order chi connectivity index (χ0) is 75.1. The standard InChI is InChI=1S/C90H157NO13/c1-3-5-7-9-11-13-15-17-19-21-23-25-27-29-31-33-34-35-36-37-38-39-40-41-42-43-44-46-48-50-52-54-56-58-60-62-64-66-68-70-72-74-82(95)91-78(77-101-89-87(100)85(98)88(81(76-93)103-89)104-90-86(99)84(97)83(96)80(75-92)102-90)79(94)73-71-69-67-65-63-61-59-57-55-53-51-49-47-45-32-30-28-26-24-22-20-18-16-14-12-10-8-6-4-2/h5,7,11,13,17,19,23,25,29,31,34-35,37-38,40-41,63,65,71,73,78-81,83-90,92-94,96-100H,3-4,6,8-10,12,14-16,18,20-22,24,26-28,30,32-33,36,39,42-62,64,66-70,72,74-77H2,1-2H3,(H,91,95)/b7-5-,13-11-,19-17-,25-23-,31-29-,35-34-,38-37-,41-40-,65-63+,73-71+. The third-order valence-electron chi connectivity index (χ3n) is 20.1. The first-order chi connectivity index (χ1) is 51.1. The highest BCUT2D eigenvalue weighted by molar-refractivity contribution is 5.76. The molecule has 2 fully saturated rings. The van der Waals surface area contributed by atoms with Crippen molar-refractivity contribution in [3.8, 4) is 0 Å². The summed E-state index contributed by atoms with van der Waals surface area (Å²) in [5.41, 5.74) is 0. The first kappa shape index (κ1) is 96.5. The van der Waals surface area contributed by atoms with Gasteiger partial charge in [0.15, 0.2) is 12.6 Å². The van der Waals surface area contributed by atoms with Crippen molar-refractivity contribution in [3.05, 3.63) is 122 Å². The van der Waals surface area contributed by atoms with Crippen molar-refractivity contribution in [1.29, 1.82) is 0 Å². The van der Waals surface area contributed by atoms with Crippen LogP contribution in [0, 0.1) is 0 Å². The van der Waals surface area contributed by atoms with Crippen LogP contribution in [0.15, 0.2) is 122 Å². The van der Waals surface area contributed by atoms with Gasteiger partial charge in [0.25, 0.3) is 0 Å². The maximum atomic E-state index is 13.4. The van der Waals surface area contributed by atoms with Gasteiger partial charge in [-0.05, 0) is 96.3 Å². The molecule has 0 aliphatic carbocycles. The number of carbonyl (C=O) groups is 1. The number of nitrogens with one attached hydrogen (secondary N) is 1. The van der Waals surface area contributed by atoms with Gasteiger partial charge in [-0.3, -0.25) is 4.79 Å². The Morgan fingerprint density at radius 3 is 1.06 bits per heavy atom. The monoisotopic (exact) mass is 1460 g/mol. The van der Waals surface area contributed by atoms with Gasteiger partial charge in [0.05, 0.1) is 32.0 Å². The molecule has 1 amide bonds. The lowest BCUT2D eigenvalue weighted by Crippen LogP contribution is -2.65. The molecule has 0 aromatic rings. The van der Waals surface area contributed by atoms with Gasteiger partial charge in [0.2, 0.25) is 5.91 Å². The normalized spacial score (nSPS) is 22.1. The molecule has 0 aromatic heterocycles. The number of amides is 1. The summed E-state index contributed by atoms with van der Waals surface area (Å²) < 4.78 is 22.9. The molecule has 14 nitrogen and oxygen atoms in total. The lowest BCUT2D eigenvalue weighted by Gasteiger charge is -2.46. The fourth-order valence-electron chi connectivity index (χ4n) is 13.4. The smallest absolute Gasteiger partial charge is 0.220 e.